The lowest BCUT2D eigenvalue weighted by Crippen LogP contribution is -1.87. The van der Waals surface area contributed by atoms with Gasteiger partial charge in [0.2, 0.25) is 0 Å². The second-order valence-corrected chi connectivity index (χ2v) is 12.0. The van der Waals surface area contributed by atoms with Gasteiger partial charge in [-0.25, -0.2) is 0 Å². The molecule has 0 amide bonds. The van der Waals surface area contributed by atoms with Crippen molar-refractivity contribution in [1.82, 2.24) is 0 Å². The van der Waals surface area contributed by atoms with Gasteiger partial charge in [0.05, 0.1) is 0 Å². The van der Waals surface area contributed by atoms with Gasteiger partial charge in [-0.1, -0.05) is 121 Å². The number of aryl methyl sites for hydroxylation is 6. The highest BCUT2D eigenvalue weighted by atomic mass is 14.1. The monoisotopic (exact) mass is 568 g/mol. The van der Waals surface area contributed by atoms with Crippen LogP contribution in [0.15, 0.2) is 133 Å². The maximum atomic E-state index is 2.30. The summed E-state index contributed by atoms with van der Waals surface area (Å²) in [5.74, 6) is 0. The lowest BCUT2D eigenvalue weighted by molar-refractivity contribution is 1.46. The topological polar surface area (TPSA) is 0 Å². The molecule has 0 aromatic heterocycles. The maximum absolute atomic E-state index is 2.30. The van der Waals surface area contributed by atoms with Gasteiger partial charge in [0.15, 0.2) is 0 Å². The van der Waals surface area contributed by atoms with Crippen LogP contribution in [0.4, 0.5) is 0 Å². The average molecular weight is 569 g/mol. The fourth-order valence-electron chi connectivity index (χ4n) is 6.49. The van der Waals surface area contributed by atoms with E-state index < -0.39 is 0 Å². The van der Waals surface area contributed by atoms with Crippen molar-refractivity contribution in [1.29, 1.82) is 0 Å². The number of rotatable bonds is 0. The third kappa shape index (κ3) is 5.56. The SMILES string of the molecule is Cc1c2ccccc2c(C)c2ccccc12.Cc1ccc(C)c2cc3ccccc3cc12.Cc1ccc(C)c2ccccc12. The molecule has 8 aromatic carbocycles. The number of benzene rings is 8. The molecule has 8 aromatic rings. The summed E-state index contributed by atoms with van der Waals surface area (Å²) in [6, 6.07) is 47.8. The normalized spacial score (nSPS) is 11.0. The molecular formula is C44H40. The second kappa shape index (κ2) is 12.3. The average Bonchev–Trinajstić information content (AvgIpc) is 3.07. The van der Waals surface area contributed by atoms with Gasteiger partial charge in [-0.2, -0.15) is 0 Å². The van der Waals surface area contributed by atoms with E-state index in [1.807, 2.05) is 0 Å². The standard InChI is InChI=1S/2C16H14.C12H12/c1-11-13-7-3-5-9-15(13)12(2)16-10-6-4-8-14(11)16;1-11-7-8-12(2)16-10-14-6-4-3-5-13(14)9-15(11)16;1-9-7-8-10(2)12-6-4-3-5-11(9)12/h2*3-10H,1-2H3;3-8H,1-2H3. The van der Waals surface area contributed by atoms with E-state index in [0.29, 0.717) is 0 Å². The Morgan fingerprint density at radius 1 is 0.250 bits per heavy atom. The molecule has 0 atom stereocenters. The van der Waals surface area contributed by atoms with E-state index in [9.17, 15) is 0 Å². The summed E-state index contributed by atoms with van der Waals surface area (Å²) in [5, 5.41) is 13.6. The van der Waals surface area contributed by atoms with Crippen molar-refractivity contribution in [3.63, 3.8) is 0 Å². The smallest absolute Gasteiger partial charge is 0.0146 e. The van der Waals surface area contributed by atoms with Crippen LogP contribution in [0.2, 0.25) is 0 Å². The van der Waals surface area contributed by atoms with E-state index >= 15 is 0 Å². The lowest BCUT2D eigenvalue weighted by Gasteiger charge is -2.11. The van der Waals surface area contributed by atoms with E-state index in [4.69, 9.17) is 0 Å². The highest BCUT2D eigenvalue weighted by Crippen LogP contribution is 2.31. The van der Waals surface area contributed by atoms with Crippen LogP contribution < -0.4 is 0 Å². The van der Waals surface area contributed by atoms with Gasteiger partial charge in [0.25, 0.3) is 0 Å². The Bertz CT molecular complexity index is 2070. The highest BCUT2D eigenvalue weighted by Gasteiger charge is 2.07. The summed E-state index contributed by atoms with van der Waals surface area (Å²) < 4.78 is 0. The zero-order valence-electron chi connectivity index (χ0n) is 26.7. The van der Waals surface area contributed by atoms with Gasteiger partial charge < -0.3 is 0 Å². The first-order chi connectivity index (χ1) is 21.3. The second-order valence-electron chi connectivity index (χ2n) is 12.0. The molecule has 0 aliphatic rings. The van der Waals surface area contributed by atoms with Crippen LogP contribution in [0.25, 0.3) is 53.9 Å². The molecule has 0 aliphatic carbocycles. The van der Waals surface area contributed by atoms with Crippen molar-refractivity contribution in [2.45, 2.75) is 41.5 Å². The van der Waals surface area contributed by atoms with Crippen LogP contribution in [0, 0.1) is 41.5 Å². The van der Waals surface area contributed by atoms with Crippen molar-refractivity contribution in [3.8, 4) is 0 Å². The van der Waals surface area contributed by atoms with Gasteiger partial charge in [-0.15, -0.1) is 0 Å². The first-order valence-corrected chi connectivity index (χ1v) is 15.5. The minimum Gasteiger partial charge on any atom is -0.0616 e. The molecule has 0 nitrogen and oxygen atoms in total. The molecule has 216 valence electrons. The van der Waals surface area contributed by atoms with Gasteiger partial charge >= 0.3 is 0 Å². The maximum Gasteiger partial charge on any atom is -0.0146 e. The number of hydrogen-bond donors (Lipinski definition) is 0. The van der Waals surface area contributed by atoms with Gasteiger partial charge in [-0.3, -0.25) is 0 Å². The Morgan fingerprint density at radius 3 is 0.818 bits per heavy atom. The summed E-state index contributed by atoms with van der Waals surface area (Å²) in [6.07, 6.45) is 0. The fourth-order valence-corrected chi connectivity index (χ4v) is 6.49. The van der Waals surface area contributed by atoms with Crippen molar-refractivity contribution in [3.05, 3.63) is 167 Å². The molecule has 0 radical (unpaired) electrons. The highest BCUT2D eigenvalue weighted by molar-refractivity contribution is 6.05. The number of hydrogen-bond acceptors (Lipinski definition) is 0. The van der Waals surface area contributed by atoms with Crippen molar-refractivity contribution in [2.75, 3.05) is 0 Å². The third-order valence-corrected chi connectivity index (χ3v) is 9.15. The summed E-state index contributed by atoms with van der Waals surface area (Å²) in [7, 11) is 0. The van der Waals surface area contributed by atoms with Gasteiger partial charge in [0, 0.05) is 0 Å². The van der Waals surface area contributed by atoms with E-state index in [0.717, 1.165) is 0 Å². The molecule has 0 fully saturated rings. The largest absolute Gasteiger partial charge is 0.0616 e. The minimum atomic E-state index is 1.32. The molecule has 0 bridgehead atoms. The Morgan fingerprint density at radius 2 is 0.500 bits per heavy atom. The Kier molecular flexibility index (Phi) is 8.18. The van der Waals surface area contributed by atoms with Crippen LogP contribution in [-0.4, -0.2) is 0 Å². The molecule has 0 spiro atoms. The first-order valence-electron chi connectivity index (χ1n) is 15.5. The van der Waals surface area contributed by atoms with Crippen molar-refractivity contribution >= 4 is 53.9 Å². The summed E-state index contributed by atoms with van der Waals surface area (Å²) in [6.45, 7) is 13.1. The lowest BCUT2D eigenvalue weighted by atomic mass is 9.93. The fraction of sp³-hybridized carbons (Fsp3) is 0.136. The Balaban J connectivity index is 0.000000118. The molecule has 8 rings (SSSR count). The zero-order chi connectivity index (χ0) is 30.8. The predicted molar refractivity (Wildman–Crippen MR) is 195 cm³/mol. The van der Waals surface area contributed by atoms with E-state index in [2.05, 4.69) is 175 Å². The molecule has 0 saturated heterocycles. The molecule has 0 heteroatoms. The predicted octanol–water partition coefficient (Wildman–Crippen LogP) is 12.7. The third-order valence-electron chi connectivity index (χ3n) is 9.15. The molecule has 0 aliphatic heterocycles. The van der Waals surface area contributed by atoms with Crippen molar-refractivity contribution in [2.24, 2.45) is 0 Å². The number of fused-ring (bicyclic) bond motifs is 5. The van der Waals surface area contributed by atoms with Gasteiger partial charge in [-0.05, 0) is 141 Å². The molecule has 44 heavy (non-hydrogen) atoms. The van der Waals surface area contributed by atoms with Gasteiger partial charge in [0.1, 0.15) is 0 Å². The minimum absolute atomic E-state index is 1.32. The van der Waals surface area contributed by atoms with E-state index in [1.165, 1.54) is 87.2 Å². The van der Waals surface area contributed by atoms with Crippen LogP contribution in [0.1, 0.15) is 33.4 Å². The molecular weight excluding hydrogens is 528 g/mol. The Hall–Kier alpha value is -4.94. The van der Waals surface area contributed by atoms with Crippen LogP contribution in [-0.2, 0) is 0 Å². The summed E-state index contributed by atoms with van der Waals surface area (Å²) in [5.41, 5.74) is 8.19. The first kappa shape index (κ1) is 29.1. The molecule has 0 N–H and O–H groups in total. The molecule has 0 heterocycles. The molecule has 0 saturated carbocycles. The van der Waals surface area contributed by atoms with Crippen molar-refractivity contribution < 1.29 is 0 Å². The molecule has 0 unspecified atom stereocenters. The Labute approximate surface area is 261 Å². The zero-order valence-corrected chi connectivity index (χ0v) is 26.7. The quantitative estimate of drug-likeness (QED) is 0.160. The van der Waals surface area contributed by atoms with Crippen LogP contribution in [0.3, 0.4) is 0 Å². The van der Waals surface area contributed by atoms with Crippen LogP contribution >= 0.6 is 0 Å². The summed E-state index contributed by atoms with van der Waals surface area (Å²) >= 11 is 0. The van der Waals surface area contributed by atoms with E-state index in [-0.39, 0.29) is 0 Å². The summed E-state index contributed by atoms with van der Waals surface area (Å²) in [4.78, 5) is 0. The van der Waals surface area contributed by atoms with Crippen LogP contribution in [0.5, 0.6) is 0 Å². The van der Waals surface area contributed by atoms with E-state index in [1.54, 1.807) is 0 Å².